The molecule has 0 saturated heterocycles. The minimum atomic E-state index is -0.372. The fourth-order valence-electron chi connectivity index (χ4n) is 1.78. The van der Waals surface area contributed by atoms with Gasteiger partial charge < -0.3 is 9.73 Å². The van der Waals surface area contributed by atoms with Gasteiger partial charge in [-0.25, -0.2) is 4.98 Å². The van der Waals surface area contributed by atoms with Gasteiger partial charge in [-0.2, -0.15) is 0 Å². The maximum absolute atomic E-state index is 11.4. The van der Waals surface area contributed by atoms with E-state index >= 15 is 0 Å². The van der Waals surface area contributed by atoms with Crippen molar-refractivity contribution in [2.24, 2.45) is 0 Å². The fourth-order valence-corrected chi connectivity index (χ4v) is 2.74. The van der Waals surface area contributed by atoms with Crippen LogP contribution < -0.4 is 5.32 Å². The maximum atomic E-state index is 11.4. The largest absolute Gasteiger partial charge is 0.436 e. The third-order valence-corrected chi connectivity index (χ3v) is 3.85. The van der Waals surface area contributed by atoms with Gasteiger partial charge in [0.25, 0.3) is 5.22 Å². The van der Waals surface area contributed by atoms with Crippen LogP contribution in [0.2, 0.25) is 0 Å². The summed E-state index contributed by atoms with van der Waals surface area (Å²) >= 11 is 1.17. The van der Waals surface area contributed by atoms with Crippen LogP contribution in [0.5, 0.6) is 0 Å². The Hall–Kier alpha value is -2.02. The van der Waals surface area contributed by atoms with Gasteiger partial charge in [0.2, 0.25) is 0 Å². The molecule has 0 spiro atoms. The second-order valence-corrected chi connectivity index (χ2v) is 5.55. The van der Waals surface area contributed by atoms with Crippen LogP contribution in [0.25, 0.3) is 0 Å². The summed E-state index contributed by atoms with van der Waals surface area (Å²) in [4.78, 5) is 15.8. The number of nitrogens with zero attached hydrogens (tertiary/aromatic N) is 2. The first-order chi connectivity index (χ1) is 10.0. The number of rotatable bonds is 6. The van der Waals surface area contributed by atoms with E-state index in [0.717, 1.165) is 17.9 Å². The molecule has 6 nitrogen and oxygen atoms in total. The van der Waals surface area contributed by atoms with Gasteiger partial charge in [0, 0.05) is 6.54 Å². The molecule has 2 rings (SSSR count). The first kappa shape index (κ1) is 15.4. The number of nitro benzene ring substituents is 1. The number of nitrogens with one attached hydrogen (secondary N) is 1. The summed E-state index contributed by atoms with van der Waals surface area (Å²) in [6.07, 6.45) is 0.895. The van der Waals surface area contributed by atoms with Crippen LogP contribution in [0, 0.1) is 24.0 Å². The Morgan fingerprint density at radius 2 is 2.19 bits per heavy atom. The average Bonchev–Trinajstić information content (AvgIpc) is 2.74. The van der Waals surface area contributed by atoms with Crippen LogP contribution in [0.3, 0.4) is 0 Å². The van der Waals surface area contributed by atoms with Crippen LogP contribution in [-0.2, 0) is 0 Å². The number of aromatic nitrogens is 1. The smallest absolute Gasteiger partial charge is 0.306 e. The fraction of sp³-hybridized carbons (Fsp3) is 0.357. The van der Waals surface area contributed by atoms with Crippen molar-refractivity contribution in [3.05, 3.63) is 39.8 Å². The molecular weight excluding hydrogens is 290 g/mol. The Morgan fingerprint density at radius 3 is 2.76 bits per heavy atom. The minimum Gasteiger partial charge on any atom is -0.436 e. The predicted molar refractivity (Wildman–Crippen MR) is 82.0 cm³/mol. The number of nitro groups is 1. The molecule has 2 aromatic rings. The monoisotopic (exact) mass is 307 g/mol. The topological polar surface area (TPSA) is 81.2 Å². The molecule has 0 aliphatic rings. The van der Waals surface area contributed by atoms with Gasteiger partial charge in [-0.15, -0.1) is 0 Å². The molecule has 0 fully saturated rings. The van der Waals surface area contributed by atoms with Crippen molar-refractivity contribution < 1.29 is 9.34 Å². The number of oxazole rings is 1. The van der Waals surface area contributed by atoms with E-state index in [1.165, 1.54) is 11.8 Å². The van der Waals surface area contributed by atoms with Crippen molar-refractivity contribution in [2.75, 3.05) is 11.9 Å². The zero-order valence-corrected chi connectivity index (χ0v) is 13.0. The van der Waals surface area contributed by atoms with Gasteiger partial charge >= 0.3 is 5.69 Å². The standard InChI is InChI=1S/C14H17N3O3S/c1-4-8-15-11-6-5-7-12(13(11)17(18)19)21-14-16-9(2)10(3)20-14/h5-7,15H,4,8H2,1-3H3. The highest BCUT2D eigenvalue weighted by molar-refractivity contribution is 7.99. The molecule has 0 aliphatic heterocycles. The molecule has 0 radical (unpaired) electrons. The number of hydrogen-bond acceptors (Lipinski definition) is 6. The third kappa shape index (κ3) is 3.55. The second-order valence-electron chi connectivity index (χ2n) is 4.56. The quantitative estimate of drug-likeness (QED) is 0.637. The molecular formula is C14H17N3O3S. The molecule has 21 heavy (non-hydrogen) atoms. The number of anilines is 1. The van der Waals surface area contributed by atoms with Gasteiger partial charge in [-0.05, 0) is 44.2 Å². The first-order valence-electron chi connectivity index (χ1n) is 6.66. The van der Waals surface area contributed by atoms with E-state index in [-0.39, 0.29) is 10.6 Å². The molecule has 0 amide bonds. The molecule has 0 saturated carbocycles. The van der Waals surface area contributed by atoms with E-state index in [4.69, 9.17) is 4.42 Å². The molecule has 0 unspecified atom stereocenters. The lowest BCUT2D eigenvalue weighted by Gasteiger charge is -2.08. The van der Waals surface area contributed by atoms with Crippen molar-refractivity contribution in [1.29, 1.82) is 0 Å². The van der Waals surface area contributed by atoms with Gasteiger partial charge in [-0.3, -0.25) is 10.1 Å². The van der Waals surface area contributed by atoms with Crippen molar-refractivity contribution in [3.8, 4) is 0 Å². The highest BCUT2D eigenvalue weighted by atomic mass is 32.2. The summed E-state index contributed by atoms with van der Waals surface area (Å²) in [6.45, 7) is 6.36. The maximum Gasteiger partial charge on any atom is 0.306 e. The van der Waals surface area contributed by atoms with Crippen molar-refractivity contribution >= 4 is 23.1 Å². The number of aryl methyl sites for hydroxylation is 2. The molecule has 0 aliphatic carbocycles. The Labute approximate surface area is 127 Å². The van der Waals surface area contributed by atoms with Crippen LogP contribution >= 0.6 is 11.8 Å². The van der Waals surface area contributed by atoms with E-state index in [1.807, 2.05) is 20.8 Å². The first-order valence-corrected chi connectivity index (χ1v) is 7.47. The molecule has 1 aromatic carbocycles. The summed E-state index contributed by atoms with van der Waals surface area (Å²) in [5.74, 6) is 0.723. The lowest BCUT2D eigenvalue weighted by Crippen LogP contribution is -2.03. The Morgan fingerprint density at radius 1 is 1.43 bits per heavy atom. The summed E-state index contributed by atoms with van der Waals surface area (Å²) in [6, 6.07) is 5.20. The van der Waals surface area contributed by atoms with Gasteiger partial charge in [-0.1, -0.05) is 13.0 Å². The Kier molecular flexibility index (Phi) is 4.85. The Balaban J connectivity index is 2.35. The molecule has 1 aromatic heterocycles. The SMILES string of the molecule is CCCNc1cccc(Sc2nc(C)c(C)o2)c1[N+](=O)[O-]. The van der Waals surface area contributed by atoms with Gasteiger partial charge in [0.1, 0.15) is 11.4 Å². The van der Waals surface area contributed by atoms with Crippen LogP contribution in [0.1, 0.15) is 24.8 Å². The Bertz CT molecular complexity index is 635. The molecule has 7 heteroatoms. The van der Waals surface area contributed by atoms with Crippen LogP contribution in [-0.4, -0.2) is 16.5 Å². The minimum absolute atomic E-state index is 0.0597. The summed E-state index contributed by atoms with van der Waals surface area (Å²) in [7, 11) is 0. The van der Waals surface area contributed by atoms with Crippen LogP contribution in [0.15, 0.2) is 32.7 Å². The normalized spacial score (nSPS) is 10.6. The molecule has 1 N–H and O–H groups in total. The third-order valence-electron chi connectivity index (χ3n) is 2.95. The van der Waals surface area contributed by atoms with E-state index in [9.17, 15) is 10.1 Å². The van der Waals surface area contributed by atoms with Crippen molar-refractivity contribution in [1.82, 2.24) is 4.98 Å². The number of para-hydroxylation sites is 1. The highest BCUT2D eigenvalue weighted by Crippen LogP contribution is 2.39. The van der Waals surface area contributed by atoms with E-state index in [1.54, 1.807) is 18.2 Å². The zero-order valence-electron chi connectivity index (χ0n) is 12.2. The molecule has 0 atom stereocenters. The van der Waals surface area contributed by atoms with Gasteiger partial charge in [0.05, 0.1) is 15.5 Å². The van der Waals surface area contributed by atoms with Gasteiger partial charge in [0.15, 0.2) is 0 Å². The summed E-state index contributed by atoms with van der Waals surface area (Å²) in [5.41, 5.74) is 1.37. The summed E-state index contributed by atoms with van der Waals surface area (Å²) < 4.78 is 5.48. The lowest BCUT2D eigenvalue weighted by molar-refractivity contribution is -0.386. The number of benzene rings is 1. The lowest BCUT2D eigenvalue weighted by atomic mass is 10.2. The van der Waals surface area contributed by atoms with E-state index in [2.05, 4.69) is 10.3 Å². The second kappa shape index (κ2) is 6.62. The number of hydrogen-bond donors (Lipinski definition) is 1. The van der Waals surface area contributed by atoms with Crippen molar-refractivity contribution in [2.45, 2.75) is 37.3 Å². The molecule has 112 valence electrons. The average molecular weight is 307 g/mol. The highest BCUT2D eigenvalue weighted by Gasteiger charge is 2.22. The van der Waals surface area contributed by atoms with Crippen molar-refractivity contribution in [3.63, 3.8) is 0 Å². The predicted octanol–water partition coefficient (Wildman–Crippen LogP) is 4.17. The summed E-state index contributed by atoms with van der Waals surface area (Å²) in [5, 5.41) is 14.9. The van der Waals surface area contributed by atoms with E-state index in [0.29, 0.717) is 22.4 Å². The zero-order chi connectivity index (χ0) is 15.4. The van der Waals surface area contributed by atoms with Crippen LogP contribution in [0.4, 0.5) is 11.4 Å². The molecule has 0 bridgehead atoms. The molecule has 1 heterocycles. The van der Waals surface area contributed by atoms with E-state index < -0.39 is 0 Å².